The zero-order valence-corrected chi connectivity index (χ0v) is 14.9. The van der Waals surface area contributed by atoms with Gasteiger partial charge in [0.1, 0.15) is 0 Å². The van der Waals surface area contributed by atoms with Gasteiger partial charge in [0.15, 0.2) is 0 Å². The van der Waals surface area contributed by atoms with Crippen LogP contribution in [0.25, 0.3) is 0 Å². The van der Waals surface area contributed by atoms with E-state index in [1.54, 1.807) is 12.1 Å². The Bertz CT molecular complexity index is 756. The minimum Gasteiger partial charge on any atom is -0.385 e. The Morgan fingerprint density at radius 2 is 1.62 bits per heavy atom. The second-order valence-corrected chi connectivity index (χ2v) is 6.51. The van der Waals surface area contributed by atoms with Gasteiger partial charge in [-0.3, -0.25) is 4.79 Å². The summed E-state index contributed by atoms with van der Waals surface area (Å²) >= 11 is 0. The van der Waals surface area contributed by atoms with E-state index in [9.17, 15) is 4.79 Å². The summed E-state index contributed by atoms with van der Waals surface area (Å²) in [5.74, 6) is -0.0168. The molecule has 1 fully saturated rings. The first-order valence-corrected chi connectivity index (χ1v) is 9.13. The lowest BCUT2D eigenvalue weighted by Gasteiger charge is -2.28. The zero-order chi connectivity index (χ0) is 18.2. The van der Waals surface area contributed by atoms with Gasteiger partial charge >= 0.3 is 0 Å². The van der Waals surface area contributed by atoms with Crippen molar-refractivity contribution >= 4 is 23.0 Å². The molecule has 0 radical (unpaired) electrons. The van der Waals surface area contributed by atoms with Crippen molar-refractivity contribution in [2.75, 3.05) is 35.2 Å². The summed E-state index contributed by atoms with van der Waals surface area (Å²) in [6, 6.07) is 17.4. The van der Waals surface area contributed by atoms with Crippen LogP contribution in [0.1, 0.15) is 31.2 Å². The molecule has 0 aromatic heterocycles. The highest BCUT2D eigenvalue weighted by atomic mass is 16.1. The second kappa shape index (κ2) is 8.91. The molecule has 1 heterocycles. The van der Waals surface area contributed by atoms with Crippen LogP contribution in [0, 0.1) is 11.3 Å². The molecule has 2 N–H and O–H groups in total. The summed E-state index contributed by atoms with van der Waals surface area (Å²) in [7, 11) is 0. The fourth-order valence-corrected chi connectivity index (χ4v) is 3.11. The number of nitrogens with zero attached hydrogens (tertiary/aromatic N) is 2. The molecule has 0 bridgehead atoms. The number of amides is 1. The van der Waals surface area contributed by atoms with Crippen LogP contribution in [0.2, 0.25) is 0 Å². The van der Waals surface area contributed by atoms with Crippen molar-refractivity contribution in [3.05, 3.63) is 54.1 Å². The molecule has 3 rings (SSSR count). The van der Waals surface area contributed by atoms with E-state index in [1.807, 2.05) is 24.3 Å². The predicted molar refractivity (Wildman–Crippen MR) is 105 cm³/mol. The summed E-state index contributed by atoms with van der Waals surface area (Å²) in [5.41, 5.74) is 3.59. The van der Waals surface area contributed by atoms with Crippen molar-refractivity contribution in [3.8, 4) is 6.07 Å². The van der Waals surface area contributed by atoms with Crippen LogP contribution in [0.15, 0.2) is 48.5 Å². The van der Waals surface area contributed by atoms with Gasteiger partial charge in [-0.1, -0.05) is 0 Å². The maximum Gasteiger partial charge on any atom is 0.226 e. The molecule has 1 amide bonds. The van der Waals surface area contributed by atoms with E-state index in [4.69, 9.17) is 5.26 Å². The van der Waals surface area contributed by atoms with Gasteiger partial charge in [-0.25, -0.2) is 0 Å². The van der Waals surface area contributed by atoms with Gasteiger partial charge in [0, 0.05) is 43.1 Å². The SMILES string of the molecule is N#Cc1ccc(NCCC(=O)Nc2ccc(N3CCCCC3)cc2)cc1. The molecule has 0 spiro atoms. The highest BCUT2D eigenvalue weighted by Crippen LogP contribution is 2.21. The third kappa shape index (κ3) is 5.00. The van der Waals surface area contributed by atoms with Crippen LogP contribution in [-0.4, -0.2) is 25.5 Å². The number of benzene rings is 2. The zero-order valence-electron chi connectivity index (χ0n) is 14.9. The lowest BCUT2D eigenvalue weighted by atomic mass is 10.1. The van der Waals surface area contributed by atoms with Crippen LogP contribution in [-0.2, 0) is 4.79 Å². The van der Waals surface area contributed by atoms with Crippen molar-refractivity contribution < 1.29 is 4.79 Å². The van der Waals surface area contributed by atoms with E-state index >= 15 is 0 Å². The number of rotatable bonds is 6. The van der Waals surface area contributed by atoms with Crippen molar-refractivity contribution in [2.45, 2.75) is 25.7 Å². The van der Waals surface area contributed by atoms with E-state index in [0.29, 0.717) is 18.5 Å². The lowest BCUT2D eigenvalue weighted by Crippen LogP contribution is -2.29. The maximum absolute atomic E-state index is 12.1. The number of anilines is 3. The average Bonchev–Trinajstić information content (AvgIpc) is 2.70. The molecule has 0 aliphatic carbocycles. The molecular formula is C21H24N4O. The third-order valence-electron chi connectivity index (χ3n) is 4.57. The van der Waals surface area contributed by atoms with Gasteiger partial charge in [0.05, 0.1) is 11.6 Å². The molecule has 0 atom stereocenters. The van der Waals surface area contributed by atoms with Gasteiger partial charge in [0.2, 0.25) is 5.91 Å². The largest absolute Gasteiger partial charge is 0.385 e. The molecule has 1 aliphatic heterocycles. The highest BCUT2D eigenvalue weighted by molar-refractivity contribution is 5.91. The molecule has 1 saturated heterocycles. The van der Waals surface area contributed by atoms with Gasteiger partial charge in [-0.15, -0.1) is 0 Å². The Morgan fingerprint density at radius 1 is 0.962 bits per heavy atom. The average molecular weight is 348 g/mol. The van der Waals surface area contributed by atoms with E-state index in [1.165, 1.54) is 24.9 Å². The second-order valence-electron chi connectivity index (χ2n) is 6.51. The quantitative estimate of drug-likeness (QED) is 0.828. The van der Waals surface area contributed by atoms with E-state index in [-0.39, 0.29) is 5.91 Å². The van der Waals surface area contributed by atoms with E-state index in [0.717, 1.165) is 24.5 Å². The van der Waals surface area contributed by atoms with Crippen molar-refractivity contribution in [3.63, 3.8) is 0 Å². The molecule has 2 aromatic carbocycles. The summed E-state index contributed by atoms with van der Waals surface area (Å²) in [4.78, 5) is 14.5. The van der Waals surface area contributed by atoms with Crippen LogP contribution in [0.3, 0.4) is 0 Å². The van der Waals surface area contributed by atoms with Crippen LogP contribution in [0.5, 0.6) is 0 Å². The molecule has 5 heteroatoms. The molecular weight excluding hydrogens is 324 g/mol. The lowest BCUT2D eigenvalue weighted by molar-refractivity contribution is -0.115. The van der Waals surface area contributed by atoms with E-state index < -0.39 is 0 Å². The smallest absolute Gasteiger partial charge is 0.226 e. The summed E-state index contributed by atoms with van der Waals surface area (Å²) < 4.78 is 0. The number of nitrogens with one attached hydrogen (secondary N) is 2. The predicted octanol–water partition coefficient (Wildman–Crippen LogP) is 3.99. The number of carbonyl (C=O) groups excluding carboxylic acids is 1. The Balaban J connectivity index is 1.43. The standard InChI is InChI=1S/C21H24N4O/c22-16-17-4-6-18(7-5-17)23-13-12-21(26)24-19-8-10-20(11-9-19)25-14-2-1-3-15-25/h4-11,23H,1-3,12-15H2,(H,24,26). The van der Waals surface area contributed by atoms with Gasteiger partial charge in [0.25, 0.3) is 0 Å². The van der Waals surface area contributed by atoms with E-state index in [2.05, 4.69) is 33.7 Å². The van der Waals surface area contributed by atoms with Crippen molar-refractivity contribution in [2.24, 2.45) is 0 Å². The molecule has 26 heavy (non-hydrogen) atoms. The van der Waals surface area contributed by atoms with Gasteiger partial charge < -0.3 is 15.5 Å². The number of nitriles is 1. The van der Waals surface area contributed by atoms with Crippen molar-refractivity contribution in [1.82, 2.24) is 0 Å². The topological polar surface area (TPSA) is 68.2 Å². The first-order chi connectivity index (χ1) is 12.7. The van der Waals surface area contributed by atoms with Crippen LogP contribution >= 0.6 is 0 Å². The number of piperidine rings is 1. The summed E-state index contributed by atoms with van der Waals surface area (Å²) in [6.45, 7) is 2.78. The molecule has 1 aliphatic rings. The van der Waals surface area contributed by atoms with Crippen LogP contribution in [0.4, 0.5) is 17.1 Å². The molecule has 0 unspecified atom stereocenters. The monoisotopic (exact) mass is 348 g/mol. The Morgan fingerprint density at radius 3 is 2.27 bits per heavy atom. The van der Waals surface area contributed by atoms with Crippen LogP contribution < -0.4 is 15.5 Å². The third-order valence-corrected chi connectivity index (χ3v) is 4.57. The number of carbonyl (C=O) groups is 1. The normalized spacial score (nSPS) is 13.7. The van der Waals surface area contributed by atoms with Crippen molar-refractivity contribution in [1.29, 1.82) is 5.26 Å². The minimum absolute atomic E-state index is 0.0168. The number of hydrogen-bond donors (Lipinski definition) is 2. The molecule has 5 nitrogen and oxygen atoms in total. The first kappa shape index (κ1) is 17.8. The fourth-order valence-electron chi connectivity index (χ4n) is 3.11. The Labute approximate surface area is 154 Å². The van der Waals surface area contributed by atoms with Gasteiger partial charge in [-0.2, -0.15) is 5.26 Å². The Kier molecular flexibility index (Phi) is 6.10. The highest BCUT2D eigenvalue weighted by Gasteiger charge is 2.10. The molecule has 0 saturated carbocycles. The summed E-state index contributed by atoms with van der Waals surface area (Å²) in [6.07, 6.45) is 4.21. The molecule has 134 valence electrons. The van der Waals surface area contributed by atoms with Gasteiger partial charge in [-0.05, 0) is 67.8 Å². The maximum atomic E-state index is 12.1. The minimum atomic E-state index is -0.0168. The number of hydrogen-bond acceptors (Lipinski definition) is 4. The Hall–Kier alpha value is -3.00. The summed E-state index contributed by atoms with van der Waals surface area (Å²) in [5, 5.41) is 14.9. The fraction of sp³-hybridized carbons (Fsp3) is 0.333. The molecule has 2 aromatic rings. The first-order valence-electron chi connectivity index (χ1n) is 9.13.